The number of aliphatic carboxylic acids is 3. The summed E-state index contributed by atoms with van der Waals surface area (Å²) >= 11 is 0. The molecule has 0 radical (unpaired) electrons. The minimum absolute atomic E-state index is 0.0276. The highest BCUT2D eigenvalue weighted by atomic mass is 16.5. The first-order chi connectivity index (χ1) is 40.1. The number of nitrogens with one attached hydrogen (secondary N) is 4. The van der Waals surface area contributed by atoms with Gasteiger partial charge in [0.25, 0.3) is 0 Å². The number of carboxylic acids is 3. The molecule has 4 aliphatic heterocycles. The van der Waals surface area contributed by atoms with Gasteiger partial charge in [-0.1, -0.05) is 20.8 Å². The third-order valence-electron chi connectivity index (χ3n) is 17.6. The second-order valence-corrected chi connectivity index (χ2v) is 22.6. The molecular weight excluding hydrogens is 1060 g/mol. The summed E-state index contributed by atoms with van der Waals surface area (Å²) in [6.07, 6.45) is 2.39. The third kappa shape index (κ3) is 11.1. The number of carbonyl (C=O) groups excluding carboxylic acids is 1. The van der Waals surface area contributed by atoms with Crippen molar-refractivity contribution in [3.05, 3.63) is 139 Å². The van der Waals surface area contributed by atoms with Crippen LogP contribution in [0.3, 0.4) is 0 Å². The first kappa shape index (κ1) is 58.3. The van der Waals surface area contributed by atoms with Gasteiger partial charge in [-0.15, -0.1) is 0 Å². The molecule has 7 N–H and O–H groups in total. The maximum Gasteiger partial charge on any atom is 0.306 e. The number of fused-ring (bicyclic) bond motifs is 16. The van der Waals surface area contributed by atoms with Crippen molar-refractivity contribution in [2.45, 2.75) is 160 Å². The number of carbonyl (C=O) groups is 4. The van der Waals surface area contributed by atoms with Crippen LogP contribution < -0.4 is 0 Å². The lowest BCUT2D eigenvalue weighted by Crippen LogP contribution is -2.09. The lowest BCUT2D eigenvalue weighted by atomic mass is 9.98. The zero-order valence-electron chi connectivity index (χ0n) is 50.1. The molecule has 0 aliphatic carbocycles. The Hall–Kier alpha value is -8.92. The number of rotatable bonds is 17. The molecule has 0 saturated heterocycles. The van der Waals surface area contributed by atoms with Crippen molar-refractivity contribution in [2.24, 2.45) is 0 Å². The Labute approximate surface area is 488 Å². The number of esters is 1. The van der Waals surface area contributed by atoms with Gasteiger partial charge in [0.1, 0.15) is 6.10 Å². The van der Waals surface area contributed by atoms with Crippen LogP contribution >= 0.6 is 0 Å². The van der Waals surface area contributed by atoms with Gasteiger partial charge in [-0.2, -0.15) is 0 Å². The molecule has 1 atom stereocenters. The molecule has 0 spiro atoms. The number of carboxylic acid groups (broad SMARTS) is 3. The predicted molar refractivity (Wildman–Crippen MR) is 333 cm³/mol. The summed E-state index contributed by atoms with van der Waals surface area (Å²) in [7, 11) is 0. The number of ether oxygens (including phenoxy) is 1. The highest BCUT2D eigenvalue weighted by Crippen LogP contribution is 2.41. The lowest BCUT2D eigenvalue weighted by Gasteiger charge is -2.14. The average molecular weight is 1130 g/mol. The molecule has 4 aliphatic rings. The normalized spacial score (nSPS) is 13.9. The summed E-state index contributed by atoms with van der Waals surface area (Å²) < 4.78 is 6.47. The molecule has 16 bridgehead atoms. The van der Waals surface area contributed by atoms with Crippen molar-refractivity contribution in [3.8, 4) is 0 Å². The van der Waals surface area contributed by atoms with E-state index in [2.05, 4.69) is 85.7 Å². The maximum atomic E-state index is 14.5. The molecule has 0 aromatic carbocycles. The minimum Gasteiger partial charge on any atom is -0.481 e. The van der Waals surface area contributed by atoms with Gasteiger partial charge in [-0.25, -0.2) is 19.9 Å². The van der Waals surface area contributed by atoms with Gasteiger partial charge in [0.15, 0.2) is 0 Å². The number of H-pyrrole nitrogens is 4. The number of hydrogen-bond acceptors (Lipinski definition) is 9. The number of hydrogen-bond donors (Lipinski definition) is 7. The number of nitrogens with zero attached hydrogens (tertiary/aromatic N) is 4. The Morgan fingerprint density at radius 1 is 0.393 bits per heavy atom. The van der Waals surface area contributed by atoms with Gasteiger partial charge in [-0.05, 0) is 239 Å². The second kappa shape index (κ2) is 23.4. The van der Waals surface area contributed by atoms with Crippen molar-refractivity contribution < 1.29 is 39.2 Å². The zero-order valence-corrected chi connectivity index (χ0v) is 50.1. The highest BCUT2D eigenvalue weighted by molar-refractivity contribution is 5.98. The van der Waals surface area contributed by atoms with E-state index in [-0.39, 0.29) is 38.5 Å². The SMILES string of the molecule is CCC1=C(C)c2cc3[nH]c(cc4nc(cc5[nH]c(cc1n2)c(C)c5CC)C(C)=C4CCC(=O)OC(C)c1c(C)c2cc4[nH]c(cc5nc(cc6nc(cc1[nH]2)C(C)=C6CCC(=O)O)C(CCC(=O)O)=C5C)c(C)c4CC)c(CCC(=O)O)c3C. The average Bonchev–Trinajstić information content (AvgIpc) is 3.31. The van der Waals surface area contributed by atoms with E-state index in [1.165, 1.54) is 11.1 Å². The summed E-state index contributed by atoms with van der Waals surface area (Å²) in [5.74, 6) is -3.18. The smallest absolute Gasteiger partial charge is 0.306 e. The lowest BCUT2D eigenvalue weighted by molar-refractivity contribution is -0.148. The molecule has 0 fully saturated rings. The zero-order chi connectivity index (χ0) is 60.2. The van der Waals surface area contributed by atoms with Crippen LogP contribution in [0.1, 0.15) is 203 Å². The van der Waals surface area contributed by atoms with Crippen LogP contribution in [-0.2, 0) is 43.2 Å². The molecule has 434 valence electrons. The molecule has 0 amide bonds. The molecule has 0 saturated carbocycles. The van der Waals surface area contributed by atoms with E-state index in [9.17, 15) is 34.5 Å². The third-order valence-corrected chi connectivity index (χ3v) is 17.6. The van der Waals surface area contributed by atoms with Crippen LogP contribution in [0.4, 0.5) is 0 Å². The molecule has 16 heteroatoms. The van der Waals surface area contributed by atoms with Crippen LogP contribution in [0, 0.1) is 27.7 Å². The van der Waals surface area contributed by atoms with Crippen molar-refractivity contribution in [3.63, 3.8) is 0 Å². The molecule has 10 rings (SSSR count). The number of aromatic nitrogens is 8. The van der Waals surface area contributed by atoms with Crippen molar-refractivity contribution >= 4 is 113 Å². The van der Waals surface area contributed by atoms with Gasteiger partial charge < -0.3 is 40.0 Å². The van der Waals surface area contributed by atoms with Gasteiger partial charge in [0.05, 0.1) is 45.6 Å². The molecule has 6 aromatic rings. The van der Waals surface area contributed by atoms with Gasteiger partial charge in [-0.3, -0.25) is 19.2 Å². The van der Waals surface area contributed by atoms with E-state index >= 15 is 0 Å². The van der Waals surface area contributed by atoms with E-state index in [4.69, 9.17) is 24.7 Å². The van der Waals surface area contributed by atoms with Crippen molar-refractivity contribution in [1.82, 2.24) is 39.9 Å². The summed E-state index contributed by atoms with van der Waals surface area (Å²) in [5, 5.41) is 29.5. The van der Waals surface area contributed by atoms with Gasteiger partial charge in [0, 0.05) is 75.4 Å². The van der Waals surface area contributed by atoms with Crippen LogP contribution in [-0.4, -0.2) is 79.1 Å². The van der Waals surface area contributed by atoms with Crippen LogP contribution in [0.2, 0.25) is 0 Å². The van der Waals surface area contributed by atoms with Crippen molar-refractivity contribution in [1.29, 1.82) is 0 Å². The Morgan fingerprint density at radius 3 is 1.19 bits per heavy atom. The van der Waals surface area contributed by atoms with Gasteiger partial charge in [0.2, 0.25) is 0 Å². The number of allylic oxidation sites excluding steroid dienone is 8. The fourth-order valence-electron chi connectivity index (χ4n) is 12.8. The molecular formula is C68H74N8O8. The quantitative estimate of drug-likeness (QED) is 0.0421. The van der Waals surface area contributed by atoms with Crippen LogP contribution in [0.25, 0.3) is 88.7 Å². The van der Waals surface area contributed by atoms with Crippen molar-refractivity contribution in [2.75, 3.05) is 0 Å². The van der Waals surface area contributed by atoms with Crippen LogP contribution in [0.15, 0.2) is 48.5 Å². The van der Waals surface area contributed by atoms with Gasteiger partial charge >= 0.3 is 23.9 Å². The molecule has 16 nitrogen and oxygen atoms in total. The highest BCUT2D eigenvalue weighted by Gasteiger charge is 2.27. The van der Waals surface area contributed by atoms with E-state index in [0.29, 0.717) is 46.8 Å². The topological polar surface area (TPSA) is 253 Å². The monoisotopic (exact) mass is 1130 g/mol. The molecule has 6 aromatic heterocycles. The molecule has 1 unspecified atom stereocenters. The Kier molecular flexibility index (Phi) is 16.2. The Morgan fingerprint density at radius 2 is 0.726 bits per heavy atom. The van der Waals surface area contributed by atoms with E-state index in [1.54, 1.807) is 0 Å². The Bertz CT molecular complexity index is 4300. The number of aromatic amines is 4. The summed E-state index contributed by atoms with van der Waals surface area (Å²) in [6.45, 7) is 24.5. The van der Waals surface area contributed by atoms with E-state index < -0.39 is 30.0 Å². The van der Waals surface area contributed by atoms with E-state index in [1.807, 2.05) is 65.8 Å². The fraction of sp³-hybridized carbons (Fsp3) is 0.353. The first-order valence-electron chi connectivity index (χ1n) is 29.2. The summed E-state index contributed by atoms with van der Waals surface area (Å²) in [6, 6.07) is 16.1. The molecule has 10 heterocycles. The Balaban J connectivity index is 1.08. The fourth-order valence-corrected chi connectivity index (χ4v) is 12.8. The predicted octanol–water partition coefficient (Wildman–Crippen LogP) is 15.3. The standard InChI is InChI=1S/C68H74N8O8/c1-13-41-32(4)48-24-50-36(8)45(17-21-65(79)80)60(73-50)31-62-47(38(10)53(74-62)27-57-43(15-3)34(6)52(71-57)26-56(41)69-48)19-23-67(83)84-40(12)68-39(11)55-28-58-42(14-2)33(5)49(70-58)25-51-35(7)44(16-20-64(77)78)59(72-51)30-61-46(18-22-66(81)82)37(9)54(75-61)29-63(68)76-55/h24-31,40,70-71,73,76H,13-23H2,1-12H3,(H,77,78)(H,79,80)(H,81,82). The summed E-state index contributed by atoms with van der Waals surface area (Å²) in [4.78, 5) is 86.0. The number of aryl methyl sites for hydroxylation is 7. The maximum absolute atomic E-state index is 14.5. The molecule has 84 heavy (non-hydrogen) atoms. The summed E-state index contributed by atoms with van der Waals surface area (Å²) in [5.41, 5.74) is 27.5. The second-order valence-electron chi connectivity index (χ2n) is 22.6. The van der Waals surface area contributed by atoms with Crippen LogP contribution in [0.5, 0.6) is 0 Å². The first-order valence-corrected chi connectivity index (χ1v) is 29.2. The van der Waals surface area contributed by atoms with E-state index in [0.717, 1.165) is 153 Å². The largest absolute Gasteiger partial charge is 0.481 e. The minimum atomic E-state index is -0.948.